The van der Waals surface area contributed by atoms with Crippen LogP contribution in [0.1, 0.15) is 35.6 Å². The van der Waals surface area contributed by atoms with E-state index in [1.54, 1.807) is 16.8 Å². The average Bonchev–Trinajstić information content (AvgIpc) is 2.79. The number of benzene rings is 1. The number of nitrogens with zero attached hydrogens (tertiary/aromatic N) is 3. The third-order valence-corrected chi connectivity index (χ3v) is 3.14. The molecule has 1 aromatic heterocycles. The molecule has 0 saturated heterocycles. The van der Waals surface area contributed by atoms with E-state index < -0.39 is 0 Å². The Morgan fingerprint density at radius 2 is 2.15 bits per heavy atom. The zero-order valence-corrected chi connectivity index (χ0v) is 12.1. The summed E-state index contributed by atoms with van der Waals surface area (Å²) in [5.74, 6) is 1.20. The van der Waals surface area contributed by atoms with E-state index in [1.807, 2.05) is 13.0 Å². The second-order valence-electron chi connectivity index (χ2n) is 5.42. The lowest BCUT2D eigenvalue weighted by Gasteiger charge is -2.08. The molecule has 2 N–H and O–H groups in total. The maximum Gasteiger partial charge on any atom is 0.170 e. The minimum atomic E-state index is 0.0334. The molecule has 0 aliphatic rings. The number of rotatable bonds is 5. The third kappa shape index (κ3) is 3.23. The molecule has 0 saturated carbocycles. The molecule has 2 aromatic rings. The van der Waals surface area contributed by atoms with Gasteiger partial charge >= 0.3 is 0 Å². The van der Waals surface area contributed by atoms with Gasteiger partial charge in [0.2, 0.25) is 0 Å². The van der Waals surface area contributed by atoms with Crippen LogP contribution >= 0.6 is 0 Å². The number of nitrogen functional groups attached to an aromatic ring is 1. The first kappa shape index (κ1) is 14.2. The first-order valence-electron chi connectivity index (χ1n) is 6.73. The molecule has 5 nitrogen and oxygen atoms in total. The van der Waals surface area contributed by atoms with E-state index in [9.17, 15) is 4.79 Å². The van der Waals surface area contributed by atoms with Crippen LogP contribution in [0.4, 0.5) is 5.69 Å². The largest absolute Gasteiger partial charge is 0.399 e. The Bertz CT molecular complexity index is 616. The second-order valence-corrected chi connectivity index (χ2v) is 5.42. The van der Waals surface area contributed by atoms with Crippen molar-refractivity contribution in [2.45, 2.75) is 33.7 Å². The molecule has 1 heterocycles. The van der Waals surface area contributed by atoms with E-state index in [1.165, 1.54) is 6.33 Å². The lowest BCUT2D eigenvalue weighted by Crippen LogP contribution is -2.14. The fourth-order valence-electron chi connectivity index (χ4n) is 2.02. The molecular formula is C15H20N4O. The Morgan fingerprint density at radius 3 is 2.80 bits per heavy atom. The van der Waals surface area contributed by atoms with Gasteiger partial charge in [-0.25, -0.2) is 9.67 Å². The average molecular weight is 272 g/mol. The Morgan fingerprint density at radius 1 is 1.40 bits per heavy atom. The topological polar surface area (TPSA) is 73.8 Å². The van der Waals surface area contributed by atoms with Gasteiger partial charge in [-0.15, -0.1) is 0 Å². The fourth-order valence-corrected chi connectivity index (χ4v) is 2.02. The Hall–Kier alpha value is -2.17. The summed E-state index contributed by atoms with van der Waals surface area (Å²) >= 11 is 0. The van der Waals surface area contributed by atoms with Crippen molar-refractivity contribution >= 4 is 11.5 Å². The quantitative estimate of drug-likeness (QED) is 0.669. The van der Waals surface area contributed by atoms with E-state index in [4.69, 9.17) is 5.73 Å². The van der Waals surface area contributed by atoms with Crippen LogP contribution in [0.5, 0.6) is 0 Å². The highest BCUT2D eigenvalue weighted by molar-refractivity contribution is 5.97. The normalized spacial score (nSPS) is 11.0. The molecule has 0 bridgehead atoms. The maximum atomic E-state index is 12.3. The minimum absolute atomic E-state index is 0.0334. The van der Waals surface area contributed by atoms with Crippen molar-refractivity contribution < 1.29 is 4.79 Å². The number of hydrogen-bond acceptors (Lipinski definition) is 4. The van der Waals surface area contributed by atoms with Crippen molar-refractivity contribution in [1.29, 1.82) is 0 Å². The first-order chi connectivity index (χ1) is 9.47. The maximum absolute atomic E-state index is 12.3. The predicted octanol–water partition coefficient (Wildman–Crippen LogP) is 2.25. The van der Waals surface area contributed by atoms with Gasteiger partial charge in [0.05, 0.1) is 6.42 Å². The second kappa shape index (κ2) is 5.86. The zero-order chi connectivity index (χ0) is 14.7. The summed E-state index contributed by atoms with van der Waals surface area (Å²) in [6.45, 7) is 6.88. The summed E-state index contributed by atoms with van der Waals surface area (Å²) in [4.78, 5) is 16.5. The number of Topliss-reactive ketones (excluding diaryl/α,β-unsaturated/α-hetero) is 1. The zero-order valence-electron chi connectivity index (χ0n) is 12.1. The standard InChI is InChI=1S/C15H20N4O/c1-10(2)8-19-15(17-9-18-19)7-14(20)12-4-5-13(16)11(3)6-12/h4-6,9-10H,7-8,16H2,1-3H3. The van der Waals surface area contributed by atoms with Crippen LogP contribution < -0.4 is 5.73 Å². The van der Waals surface area contributed by atoms with Gasteiger partial charge in [-0.3, -0.25) is 4.79 Å². The van der Waals surface area contributed by atoms with E-state index >= 15 is 0 Å². The lowest BCUT2D eigenvalue weighted by atomic mass is 10.0. The molecule has 0 amide bonds. The van der Waals surface area contributed by atoms with Crippen LogP contribution in [0.3, 0.4) is 0 Å². The number of carbonyl (C=O) groups is 1. The first-order valence-corrected chi connectivity index (χ1v) is 6.73. The van der Waals surface area contributed by atoms with Crippen LogP contribution in [-0.4, -0.2) is 20.5 Å². The molecule has 0 radical (unpaired) electrons. The SMILES string of the molecule is Cc1cc(C(=O)Cc2ncnn2CC(C)C)ccc1N. The smallest absolute Gasteiger partial charge is 0.170 e. The highest BCUT2D eigenvalue weighted by Crippen LogP contribution is 2.14. The fraction of sp³-hybridized carbons (Fsp3) is 0.400. The summed E-state index contributed by atoms with van der Waals surface area (Å²) < 4.78 is 1.80. The highest BCUT2D eigenvalue weighted by atomic mass is 16.1. The van der Waals surface area contributed by atoms with Gasteiger partial charge in [-0.1, -0.05) is 13.8 Å². The number of anilines is 1. The van der Waals surface area contributed by atoms with Crippen molar-refractivity contribution in [3.05, 3.63) is 41.5 Å². The molecule has 5 heteroatoms. The van der Waals surface area contributed by atoms with Crippen LogP contribution in [-0.2, 0) is 13.0 Å². The Balaban J connectivity index is 2.15. The Labute approximate surface area is 118 Å². The van der Waals surface area contributed by atoms with Gasteiger partial charge in [0.1, 0.15) is 12.2 Å². The number of aryl methyl sites for hydroxylation is 1. The van der Waals surface area contributed by atoms with E-state index in [-0.39, 0.29) is 12.2 Å². The molecule has 2 rings (SSSR count). The number of ketones is 1. The minimum Gasteiger partial charge on any atom is -0.399 e. The van der Waals surface area contributed by atoms with E-state index in [2.05, 4.69) is 23.9 Å². The van der Waals surface area contributed by atoms with Crippen molar-refractivity contribution in [2.75, 3.05) is 5.73 Å². The third-order valence-electron chi connectivity index (χ3n) is 3.14. The number of aromatic nitrogens is 3. The number of carbonyl (C=O) groups excluding carboxylic acids is 1. The molecule has 106 valence electrons. The van der Waals surface area contributed by atoms with Gasteiger partial charge < -0.3 is 5.73 Å². The summed E-state index contributed by atoms with van der Waals surface area (Å²) in [6.07, 6.45) is 1.76. The van der Waals surface area contributed by atoms with Gasteiger partial charge in [-0.2, -0.15) is 5.10 Å². The molecule has 0 fully saturated rings. The van der Waals surface area contributed by atoms with Crippen LogP contribution in [0, 0.1) is 12.8 Å². The molecule has 0 spiro atoms. The molecule has 0 aliphatic carbocycles. The molecule has 1 aromatic carbocycles. The van der Waals surface area contributed by atoms with Gasteiger partial charge in [0, 0.05) is 17.8 Å². The molecule has 0 aliphatic heterocycles. The summed E-state index contributed by atoms with van der Waals surface area (Å²) in [5, 5.41) is 4.17. The van der Waals surface area contributed by atoms with Crippen molar-refractivity contribution in [3.8, 4) is 0 Å². The summed E-state index contributed by atoms with van der Waals surface area (Å²) in [5.41, 5.74) is 8.04. The molecular weight excluding hydrogens is 252 g/mol. The van der Waals surface area contributed by atoms with Crippen molar-refractivity contribution in [3.63, 3.8) is 0 Å². The Kier molecular flexibility index (Phi) is 4.17. The van der Waals surface area contributed by atoms with Gasteiger partial charge in [0.25, 0.3) is 0 Å². The van der Waals surface area contributed by atoms with E-state index in [0.29, 0.717) is 23.0 Å². The lowest BCUT2D eigenvalue weighted by molar-refractivity contribution is 0.0989. The van der Waals surface area contributed by atoms with Gasteiger partial charge in [0.15, 0.2) is 5.78 Å². The van der Waals surface area contributed by atoms with E-state index in [0.717, 1.165) is 12.1 Å². The van der Waals surface area contributed by atoms with Crippen LogP contribution in [0.15, 0.2) is 24.5 Å². The number of hydrogen-bond donors (Lipinski definition) is 1. The molecule has 20 heavy (non-hydrogen) atoms. The monoisotopic (exact) mass is 272 g/mol. The van der Waals surface area contributed by atoms with Crippen LogP contribution in [0.2, 0.25) is 0 Å². The van der Waals surface area contributed by atoms with Crippen molar-refractivity contribution in [1.82, 2.24) is 14.8 Å². The summed E-state index contributed by atoms with van der Waals surface area (Å²) in [6, 6.07) is 5.34. The molecule has 0 unspecified atom stereocenters. The molecule has 0 atom stereocenters. The summed E-state index contributed by atoms with van der Waals surface area (Å²) in [7, 11) is 0. The number of nitrogens with two attached hydrogens (primary N) is 1. The van der Waals surface area contributed by atoms with Crippen LogP contribution in [0.25, 0.3) is 0 Å². The highest BCUT2D eigenvalue weighted by Gasteiger charge is 2.13. The van der Waals surface area contributed by atoms with Gasteiger partial charge in [-0.05, 0) is 36.6 Å². The van der Waals surface area contributed by atoms with Crippen molar-refractivity contribution in [2.24, 2.45) is 5.92 Å². The predicted molar refractivity (Wildman–Crippen MR) is 78.5 cm³/mol.